The van der Waals surface area contributed by atoms with Gasteiger partial charge in [0.1, 0.15) is 11.4 Å². The summed E-state index contributed by atoms with van der Waals surface area (Å²) in [7, 11) is 5.38. The molecule has 1 atom stereocenters. The minimum Gasteiger partial charge on any atom is -0.508 e. The summed E-state index contributed by atoms with van der Waals surface area (Å²) in [6.07, 6.45) is 4.33. The van der Waals surface area contributed by atoms with Crippen molar-refractivity contribution in [2.24, 2.45) is 14.1 Å². The predicted molar refractivity (Wildman–Crippen MR) is 214 cm³/mol. The zero-order valence-electron chi connectivity index (χ0n) is 32.2. The number of carbonyl (C=O) groups is 2. The van der Waals surface area contributed by atoms with Gasteiger partial charge in [0, 0.05) is 82.0 Å². The smallest absolute Gasteiger partial charge is 0.264 e. The van der Waals surface area contributed by atoms with Crippen molar-refractivity contribution in [2.45, 2.75) is 25.6 Å². The molecule has 3 aliphatic heterocycles. The van der Waals surface area contributed by atoms with E-state index >= 15 is 9.59 Å². The molecule has 1 saturated heterocycles. The minimum atomic E-state index is -0.335. The van der Waals surface area contributed by atoms with Crippen molar-refractivity contribution < 1.29 is 33.6 Å². The van der Waals surface area contributed by atoms with Crippen LogP contribution >= 0.6 is 0 Å². The molecule has 0 unspecified atom stereocenters. The summed E-state index contributed by atoms with van der Waals surface area (Å²) in [5.41, 5.74) is 6.93. The number of aromatic nitrogens is 3. The molecule has 0 radical (unpaired) electrons. The van der Waals surface area contributed by atoms with Gasteiger partial charge in [-0.3, -0.25) is 19.4 Å². The number of carbonyl (C=O) groups excluding carboxylic acids is 2. The largest absolute Gasteiger partial charge is 0.508 e. The summed E-state index contributed by atoms with van der Waals surface area (Å²) in [6, 6.07) is 24.1. The molecule has 1 N–H and O–H groups in total. The standard InChI is InChI=1S/C44H44N6O7/c1-46-13-12-29-19-32(23-45-42(29)46)50(31-8-10-34(51)11-9-31)44(53)37-20-38(47(2)39(37)26-54-3)35-21-40-41(57-27-56-40)22-36(35)43(52)49-24-30-7-5-4-6-28(30)18-33(49)25-48-14-16-55-17-15-48/h4-13,19-23,33,51H,14-18,24-27H2,1-3H3/t33-/m0/s1. The van der Waals surface area contributed by atoms with Crippen LogP contribution in [0.1, 0.15) is 37.5 Å². The van der Waals surface area contributed by atoms with E-state index in [1.54, 1.807) is 48.5 Å². The molecule has 13 heteroatoms. The van der Waals surface area contributed by atoms with Crippen LogP contribution in [-0.2, 0) is 43.1 Å². The summed E-state index contributed by atoms with van der Waals surface area (Å²) >= 11 is 0. The van der Waals surface area contributed by atoms with E-state index in [0.717, 1.165) is 42.7 Å². The molecule has 13 nitrogen and oxygen atoms in total. The van der Waals surface area contributed by atoms with Crippen LogP contribution < -0.4 is 14.4 Å². The van der Waals surface area contributed by atoms with E-state index in [4.69, 9.17) is 18.9 Å². The number of hydrogen-bond acceptors (Lipinski definition) is 9. The van der Waals surface area contributed by atoms with Crippen LogP contribution in [0.25, 0.3) is 22.3 Å². The van der Waals surface area contributed by atoms with Gasteiger partial charge in [0.25, 0.3) is 11.8 Å². The van der Waals surface area contributed by atoms with E-state index in [9.17, 15) is 5.11 Å². The lowest BCUT2D eigenvalue weighted by molar-refractivity contribution is 0.0193. The van der Waals surface area contributed by atoms with E-state index in [-0.39, 0.29) is 37.0 Å². The number of ether oxygens (including phenoxy) is 4. The molecule has 2 amide bonds. The van der Waals surface area contributed by atoms with Crippen LogP contribution in [0.15, 0.2) is 91.3 Å². The zero-order valence-corrected chi connectivity index (χ0v) is 32.2. The number of amides is 2. The summed E-state index contributed by atoms with van der Waals surface area (Å²) < 4.78 is 26.9. The number of aromatic hydroxyl groups is 1. The molecule has 0 aliphatic carbocycles. The molecule has 1 fully saturated rings. The van der Waals surface area contributed by atoms with Gasteiger partial charge in [-0.2, -0.15) is 0 Å². The van der Waals surface area contributed by atoms with Gasteiger partial charge in [0.15, 0.2) is 11.5 Å². The third kappa shape index (κ3) is 6.77. The molecule has 57 heavy (non-hydrogen) atoms. The summed E-state index contributed by atoms with van der Waals surface area (Å²) in [5, 5.41) is 11.0. The van der Waals surface area contributed by atoms with Crippen LogP contribution in [0.5, 0.6) is 17.2 Å². The molecule has 3 aromatic heterocycles. The maximum atomic E-state index is 15.2. The monoisotopic (exact) mass is 768 g/mol. The van der Waals surface area contributed by atoms with Crippen LogP contribution in [0.2, 0.25) is 0 Å². The van der Waals surface area contributed by atoms with Crippen LogP contribution in [0.3, 0.4) is 0 Å². The average molecular weight is 769 g/mol. The normalized spacial score (nSPS) is 16.5. The number of nitrogens with zero attached hydrogens (tertiary/aromatic N) is 6. The highest BCUT2D eigenvalue weighted by Gasteiger charge is 2.36. The molecule has 3 aliphatic rings. The maximum Gasteiger partial charge on any atom is 0.264 e. The Labute approximate surface area is 330 Å². The van der Waals surface area contributed by atoms with Gasteiger partial charge in [-0.15, -0.1) is 0 Å². The second-order valence-electron chi connectivity index (χ2n) is 14.8. The van der Waals surface area contributed by atoms with Crippen LogP contribution in [0, 0.1) is 0 Å². The Morgan fingerprint density at radius 2 is 1.67 bits per heavy atom. The van der Waals surface area contributed by atoms with Gasteiger partial charge in [-0.05, 0) is 72.1 Å². The Bertz CT molecular complexity index is 2490. The number of phenols is 1. The molecule has 0 spiro atoms. The molecular weight excluding hydrogens is 725 g/mol. The average Bonchev–Trinajstić information content (AvgIpc) is 3.94. The maximum absolute atomic E-state index is 15.2. The first-order valence-electron chi connectivity index (χ1n) is 19.1. The lowest BCUT2D eigenvalue weighted by atomic mass is 9.92. The molecule has 0 saturated carbocycles. The first kappa shape index (κ1) is 36.5. The molecule has 9 rings (SSSR count). The van der Waals surface area contributed by atoms with Crippen molar-refractivity contribution >= 4 is 34.2 Å². The van der Waals surface area contributed by atoms with E-state index < -0.39 is 0 Å². The third-order valence-corrected chi connectivity index (χ3v) is 11.3. The van der Waals surface area contributed by atoms with Crippen molar-refractivity contribution in [1.82, 2.24) is 23.9 Å². The SMILES string of the molecule is COCc1c(C(=O)N(c2ccc(O)cc2)c2cnc3c(ccn3C)c2)cc(-c2cc3c(cc2C(=O)N2Cc4ccccc4C[C@H]2CN2CCOCC2)OCO3)n1C. The van der Waals surface area contributed by atoms with Crippen LogP contribution in [0.4, 0.5) is 11.4 Å². The van der Waals surface area contributed by atoms with Gasteiger partial charge >= 0.3 is 0 Å². The Hall–Kier alpha value is -6.15. The highest BCUT2D eigenvalue weighted by Crippen LogP contribution is 2.42. The fourth-order valence-electron chi connectivity index (χ4n) is 8.32. The van der Waals surface area contributed by atoms with E-state index in [2.05, 4.69) is 28.1 Å². The van der Waals surface area contributed by atoms with Crippen molar-refractivity contribution in [3.8, 4) is 28.5 Å². The lowest BCUT2D eigenvalue weighted by Crippen LogP contribution is -2.52. The number of pyridine rings is 1. The van der Waals surface area contributed by atoms with Crippen molar-refractivity contribution in [3.63, 3.8) is 0 Å². The van der Waals surface area contributed by atoms with E-state index in [1.807, 2.05) is 64.7 Å². The molecular formula is C44H44N6O7. The number of aryl methyl sites for hydroxylation is 1. The summed E-state index contributed by atoms with van der Waals surface area (Å²) in [5.74, 6) is 0.624. The molecule has 0 bridgehead atoms. The second-order valence-corrected chi connectivity index (χ2v) is 14.8. The highest BCUT2D eigenvalue weighted by molar-refractivity contribution is 6.13. The summed E-state index contributed by atoms with van der Waals surface area (Å²) in [6.45, 7) is 4.31. The molecule has 6 aromatic rings. The van der Waals surface area contributed by atoms with Gasteiger partial charge in [0.2, 0.25) is 6.79 Å². The first-order valence-corrected chi connectivity index (χ1v) is 19.1. The Balaban J connectivity index is 1.15. The Morgan fingerprint density at radius 1 is 0.912 bits per heavy atom. The number of morpholine rings is 1. The molecule has 292 valence electrons. The zero-order chi connectivity index (χ0) is 39.2. The fraction of sp³-hybridized carbons (Fsp3) is 0.295. The van der Waals surface area contributed by atoms with Gasteiger partial charge in [-0.25, -0.2) is 4.98 Å². The van der Waals surface area contributed by atoms with Crippen molar-refractivity contribution in [2.75, 3.05) is 51.7 Å². The third-order valence-electron chi connectivity index (χ3n) is 11.3. The molecule has 6 heterocycles. The number of anilines is 2. The number of fused-ring (bicyclic) bond motifs is 3. The topological polar surface area (TPSA) is 124 Å². The van der Waals surface area contributed by atoms with E-state index in [1.165, 1.54) is 5.56 Å². The number of methoxy groups -OCH3 is 1. The van der Waals surface area contributed by atoms with Gasteiger partial charge in [-0.1, -0.05) is 24.3 Å². The van der Waals surface area contributed by atoms with Crippen LogP contribution in [-0.4, -0.2) is 93.6 Å². The second kappa shape index (κ2) is 15.1. The van der Waals surface area contributed by atoms with Crippen molar-refractivity contribution in [3.05, 3.63) is 119 Å². The Morgan fingerprint density at radius 3 is 2.44 bits per heavy atom. The van der Waals surface area contributed by atoms with Gasteiger partial charge < -0.3 is 38.1 Å². The highest BCUT2D eigenvalue weighted by atomic mass is 16.7. The number of benzene rings is 3. The predicted octanol–water partition coefficient (Wildman–Crippen LogP) is 6.04. The molecule has 3 aromatic carbocycles. The minimum absolute atomic E-state index is 0.0380. The number of rotatable bonds is 9. The van der Waals surface area contributed by atoms with Gasteiger partial charge in [0.05, 0.1) is 48.5 Å². The fourth-order valence-corrected chi connectivity index (χ4v) is 8.32. The Kier molecular flexibility index (Phi) is 9.65. The van der Waals surface area contributed by atoms with E-state index in [0.29, 0.717) is 70.7 Å². The number of hydrogen-bond donors (Lipinski definition) is 1. The quantitative estimate of drug-likeness (QED) is 0.188. The lowest BCUT2D eigenvalue weighted by Gasteiger charge is -2.40. The number of phenolic OH excluding ortho intramolecular Hbond substituents is 1. The summed E-state index contributed by atoms with van der Waals surface area (Å²) in [4.78, 5) is 40.9. The first-order chi connectivity index (χ1) is 27.8. The van der Waals surface area contributed by atoms with Crippen molar-refractivity contribution in [1.29, 1.82) is 0 Å².